The zero-order chi connectivity index (χ0) is 38.1. The molecule has 0 fully saturated rings. The van der Waals surface area contributed by atoms with Crippen LogP contribution in [0.3, 0.4) is 0 Å². The van der Waals surface area contributed by atoms with Crippen molar-refractivity contribution in [3.05, 3.63) is 71.6 Å². The van der Waals surface area contributed by atoms with E-state index in [0.717, 1.165) is 5.57 Å². The minimum atomic E-state index is -1.07. The van der Waals surface area contributed by atoms with Crippen LogP contribution in [0.1, 0.15) is 75.2 Å². The molecule has 1 heterocycles. The summed E-state index contributed by atoms with van der Waals surface area (Å²) < 4.78 is 17.4. The van der Waals surface area contributed by atoms with Gasteiger partial charge in [-0.05, 0) is 51.7 Å². The van der Waals surface area contributed by atoms with Crippen molar-refractivity contribution in [3.63, 3.8) is 0 Å². The van der Waals surface area contributed by atoms with Gasteiger partial charge in [-0.25, -0.2) is 4.79 Å². The van der Waals surface area contributed by atoms with E-state index in [1.807, 2.05) is 59.8 Å². The van der Waals surface area contributed by atoms with Gasteiger partial charge in [0, 0.05) is 36.7 Å². The molecule has 0 aromatic heterocycles. The van der Waals surface area contributed by atoms with Gasteiger partial charge >= 0.3 is 5.97 Å². The van der Waals surface area contributed by atoms with Crippen molar-refractivity contribution in [2.24, 2.45) is 40.7 Å². The lowest BCUT2D eigenvalue weighted by molar-refractivity contribution is -0.161. The van der Waals surface area contributed by atoms with Crippen molar-refractivity contribution < 1.29 is 44.3 Å². The van der Waals surface area contributed by atoms with Gasteiger partial charge < -0.3 is 39.5 Å². The van der Waals surface area contributed by atoms with E-state index in [0.29, 0.717) is 24.1 Å². The molecule has 0 amide bonds. The number of carbonyl (C=O) groups is 1. The van der Waals surface area contributed by atoms with Crippen molar-refractivity contribution in [1.82, 2.24) is 0 Å². The third kappa shape index (κ3) is 13.6. The Morgan fingerprint density at radius 3 is 2.30 bits per heavy atom. The van der Waals surface area contributed by atoms with Crippen molar-refractivity contribution in [2.75, 3.05) is 21.3 Å². The summed E-state index contributed by atoms with van der Waals surface area (Å²) in [5.41, 5.74) is 2.12. The first-order chi connectivity index (χ1) is 23.6. The number of nitrogens with zero attached hydrogens (tertiary/aromatic N) is 1. The van der Waals surface area contributed by atoms with Crippen molar-refractivity contribution >= 4 is 11.7 Å². The number of rotatable bonds is 12. The smallest absolute Gasteiger partial charge is 0.373 e. The zero-order valence-corrected chi connectivity index (χ0v) is 32.3. The first kappa shape index (κ1) is 45.0. The van der Waals surface area contributed by atoms with Crippen LogP contribution in [0, 0.1) is 35.5 Å². The van der Waals surface area contributed by atoms with E-state index in [1.165, 1.54) is 21.3 Å². The van der Waals surface area contributed by atoms with Crippen LogP contribution < -0.4 is 0 Å². The summed E-state index contributed by atoms with van der Waals surface area (Å²) in [4.78, 5) is 18.8. The van der Waals surface area contributed by atoms with E-state index < -0.39 is 54.4 Å². The monoisotopic (exact) mass is 703 g/mol. The van der Waals surface area contributed by atoms with E-state index in [2.05, 4.69) is 5.16 Å². The van der Waals surface area contributed by atoms with Gasteiger partial charge in [0.05, 0.1) is 37.2 Å². The fourth-order valence-electron chi connectivity index (χ4n) is 6.40. The molecular weight excluding hydrogens is 638 g/mol. The molecule has 12 unspecified atom stereocenters. The van der Waals surface area contributed by atoms with Gasteiger partial charge in [-0.1, -0.05) is 100 Å². The minimum absolute atomic E-state index is 0.0604. The van der Waals surface area contributed by atoms with Crippen LogP contribution in [0.2, 0.25) is 0 Å². The quantitative estimate of drug-likeness (QED) is 0.0822. The maximum absolute atomic E-state index is 13.7. The molecule has 0 saturated heterocycles. The highest BCUT2D eigenvalue weighted by molar-refractivity contribution is 5.96. The third-order valence-corrected chi connectivity index (χ3v) is 9.67. The average molecular weight is 704 g/mol. The van der Waals surface area contributed by atoms with Crippen LogP contribution in [0.25, 0.3) is 0 Å². The summed E-state index contributed by atoms with van der Waals surface area (Å²) in [7, 11) is 4.30. The molecule has 284 valence electrons. The Kier molecular flexibility index (Phi) is 20.5. The Balaban J connectivity index is 3.68. The molecule has 50 heavy (non-hydrogen) atoms. The standard InChI is InChI=1S/C40H65NO9/c1-13-16-33(42)26(5)19-20-32(41-49-12)29(8)38(45)30(9)39-34(47-10)18-15-17-24(3)21-27(6)36(43)31(14-2)37(44)28(7)22-25(4)23-35(48-11)40(46)50-39/h13,15-20,22-23,26-31,33-34,36-39,42-45H,14,21H2,1-12H3. The van der Waals surface area contributed by atoms with Crippen molar-refractivity contribution in [3.8, 4) is 0 Å². The SMILES string of the molecule is CC=CC(O)C(C)C=CC(=NOC)C(C)C(O)C(C)C1OC(=O)C(OC)=CC(C)=CC(C)C(O)C(CC)C(O)C(C)CC(C)=CC=CC1OC. The van der Waals surface area contributed by atoms with Gasteiger partial charge in [0.15, 0.2) is 0 Å². The van der Waals surface area contributed by atoms with Crippen LogP contribution in [0.4, 0.5) is 0 Å². The number of carbonyl (C=O) groups excluding carboxylic acids is 1. The summed E-state index contributed by atoms with van der Waals surface area (Å²) in [5.74, 6) is -3.04. The predicted octanol–water partition coefficient (Wildman–Crippen LogP) is 6.08. The lowest BCUT2D eigenvalue weighted by Crippen LogP contribution is -2.45. The number of hydrogen-bond acceptors (Lipinski definition) is 10. The van der Waals surface area contributed by atoms with E-state index >= 15 is 0 Å². The van der Waals surface area contributed by atoms with Gasteiger partial charge in [0.25, 0.3) is 0 Å². The fourth-order valence-corrected chi connectivity index (χ4v) is 6.40. The predicted molar refractivity (Wildman–Crippen MR) is 199 cm³/mol. The number of ether oxygens (including phenoxy) is 3. The molecular formula is C40H65NO9. The highest BCUT2D eigenvalue weighted by atomic mass is 16.6. The van der Waals surface area contributed by atoms with Crippen LogP contribution in [-0.2, 0) is 23.8 Å². The second kappa shape index (κ2) is 22.7. The number of esters is 1. The summed E-state index contributed by atoms with van der Waals surface area (Å²) in [6.45, 7) is 16.9. The summed E-state index contributed by atoms with van der Waals surface area (Å²) in [6.07, 6.45) is 12.1. The van der Waals surface area contributed by atoms with E-state index in [1.54, 1.807) is 57.2 Å². The highest BCUT2D eigenvalue weighted by Crippen LogP contribution is 2.30. The zero-order valence-electron chi connectivity index (χ0n) is 32.3. The average Bonchev–Trinajstić information content (AvgIpc) is 3.08. The van der Waals surface area contributed by atoms with Crippen LogP contribution >= 0.6 is 0 Å². The fraction of sp³-hybridized carbons (Fsp3) is 0.650. The Morgan fingerprint density at radius 1 is 1.08 bits per heavy atom. The number of methoxy groups -OCH3 is 2. The normalized spacial score (nSPS) is 29.9. The molecule has 4 N–H and O–H groups in total. The van der Waals surface area contributed by atoms with Gasteiger partial charge in [0.1, 0.15) is 19.3 Å². The Hall–Kier alpha value is -3.02. The number of aliphatic hydroxyl groups excluding tert-OH is 4. The molecule has 0 spiro atoms. The maximum atomic E-state index is 13.7. The highest BCUT2D eigenvalue weighted by Gasteiger charge is 2.38. The molecule has 1 aliphatic rings. The van der Waals surface area contributed by atoms with Gasteiger partial charge in [0.2, 0.25) is 5.76 Å². The molecule has 0 radical (unpaired) electrons. The molecule has 10 heteroatoms. The van der Waals surface area contributed by atoms with Crippen molar-refractivity contribution in [1.29, 1.82) is 0 Å². The van der Waals surface area contributed by atoms with E-state index in [9.17, 15) is 25.2 Å². The third-order valence-electron chi connectivity index (χ3n) is 9.67. The Labute approximate surface area is 300 Å². The molecule has 0 aromatic rings. The molecule has 0 saturated carbocycles. The first-order valence-corrected chi connectivity index (χ1v) is 17.7. The van der Waals surface area contributed by atoms with Crippen LogP contribution in [-0.4, -0.2) is 90.1 Å². The first-order valence-electron chi connectivity index (χ1n) is 17.7. The second-order valence-corrected chi connectivity index (χ2v) is 13.8. The molecule has 1 aliphatic heterocycles. The van der Waals surface area contributed by atoms with Crippen LogP contribution in [0.5, 0.6) is 0 Å². The lowest BCUT2D eigenvalue weighted by Gasteiger charge is -2.34. The van der Waals surface area contributed by atoms with E-state index in [4.69, 9.17) is 19.0 Å². The van der Waals surface area contributed by atoms with Gasteiger partial charge in [-0.2, -0.15) is 0 Å². The molecule has 1 rings (SSSR count). The molecule has 10 nitrogen and oxygen atoms in total. The second-order valence-electron chi connectivity index (χ2n) is 13.8. The number of allylic oxidation sites excluding steroid dienone is 7. The number of hydrogen-bond donors (Lipinski definition) is 4. The van der Waals surface area contributed by atoms with E-state index in [-0.39, 0.29) is 29.4 Å². The number of aliphatic hydroxyl groups is 4. The van der Waals surface area contributed by atoms with Gasteiger partial charge in [-0.3, -0.25) is 0 Å². The van der Waals surface area contributed by atoms with Crippen molar-refractivity contribution in [2.45, 2.75) is 112 Å². The number of cyclic esters (lactones) is 1. The minimum Gasteiger partial charge on any atom is -0.490 e. The molecule has 0 aliphatic carbocycles. The summed E-state index contributed by atoms with van der Waals surface area (Å²) >= 11 is 0. The maximum Gasteiger partial charge on any atom is 0.373 e. The molecule has 0 aromatic carbocycles. The molecule has 0 bridgehead atoms. The topological polar surface area (TPSA) is 147 Å². The summed E-state index contributed by atoms with van der Waals surface area (Å²) in [5, 5.41) is 48.8. The largest absolute Gasteiger partial charge is 0.490 e. The molecule has 12 atom stereocenters. The Morgan fingerprint density at radius 2 is 1.74 bits per heavy atom. The van der Waals surface area contributed by atoms with Gasteiger partial charge in [-0.15, -0.1) is 0 Å². The number of oxime groups is 1. The Bertz CT molecular complexity index is 1250. The van der Waals surface area contributed by atoms with Crippen LogP contribution in [0.15, 0.2) is 76.7 Å². The summed E-state index contributed by atoms with van der Waals surface area (Å²) in [6, 6.07) is 0. The lowest BCUT2D eigenvalue weighted by atomic mass is 9.79.